The van der Waals surface area contributed by atoms with Crippen LogP contribution >= 0.6 is 7.60 Å². The summed E-state index contributed by atoms with van der Waals surface area (Å²) in [5.74, 6) is -3.00. The van der Waals surface area contributed by atoms with Crippen LogP contribution in [-0.2, 0) is 48.6 Å². The average molecular weight is 602 g/mol. The maximum absolute atomic E-state index is 14.7. The van der Waals surface area contributed by atoms with Gasteiger partial charge in [0.25, 0.3) is 0 Å². The van der Waals surface area contributed by atoms with Gasteiger partial charge in [0.2, 0.25) is 0 Å². The maximum Gasteiger partial charge on any atom is 0.353 e. The van der Waals surface area contributed by atoms with Crippen LogP contribution in [0.1, 0.15) is 74.8 Å². The number of rotatable bonds is 10. The molecule has 3 heterocycles. The van der Waals surface area contributed by atoms with Gasteiger partial charge in [0.1, 0.15) is 24.4 Å². The van der Waals surface area contributed by atoms with Gasteiger partial charge in [-0.1, -0.05) is 30.3 Å². The van der Waals surface area contributed by atoms with E-state index in [0.717, 1.165) is 10.6 Å². The summed E-state index contributed by atoms with van der Waals surface area (Å²) in [4.78, 5) is 0. The Kier molecular flexibility index (Phi) is 9.53. The molecule has 0 spiro atoms. The van der Waals surface area contributed by atoms with Crippen LogP contribution in [0.2, 0.25) is 0 Å². The highest BCUT2D eigenvalue weighted by atomic mass is 31.2. The zero-order valence-electron chi connectivity index (χ0n) is 26.0. The van der Waals surface area contributed by atoms with Crippen LogP contribution in [0, 0.1) is 0 Å². The average Bonchev–Trinajstić information content (AvgIpc) is 3.43. The smallest absolute Gasteiger partial charge is 0.353 e. The molecule has 1 N–H and O–H groups in total. The highest BCUT2D eigenvalue weighted by Gasteiger charge is 2.62. The van der Waals surface area contributed by atoms with Crippen LogP contribution in [-0.4, -0.2) is 82.7 Å². The van der Waals surface area contributed by atoms with E-state index in [1.807, 2.05) is 44.2 Å². The first-order valence-corrected chi connectivity index (χ1v) is 15.8. The molecule has 1 aromatic carbocycles. The molecule has 0 aliphatic carbocycles. The van der Waals surface area contributed by atoms with Crippen LogP contribution in [0.15, 0.2) is 30.3 Å². The van der Waals surface area contributed by atoms with Crippen LogP contribution in [0.4, 0.5) is 0 Å². The van der Waals surface area contributed by atoms with Crippen LogP contribution in [0.5, 0.6) is 0 Å². The minimum atomic E-state index is -4.12. The fraction of sp³-hybridized carbons (Fsp3) is 0.793. The Morgan fingerprint density at radius 3 is 2.05 bits per heavy atom. The van der Waals surface area contributed by atoms with Crippen molar-refractivity contribution in [2.75, 3.05) is 13.2 Å². The summed E-state index contributed by atoms with van der Waals surface area (Å²) in [6, 6.07) is 9.59. The normalized spacial score (nSPS) is 30.6. The second-order valence-corrected chi connectivity index (χ2v) is 15.8. The zero-order valence-corrected chi connectivity index (χ0v) is 26.9. The molecule has 0 radical (unpaired) electrons. The van der Waals surface area contributed by atoms with Crippen molar-refractivity contribution in [2.24, 2.45) is 0 Å². The maximum atomic E-state index is 14.7. The number of nitrogens with zero attached hydrogens (tertiary/aromatic N) is 1. The molecule has 12 heteroatoms. The molecule has 3 saturated heterocycles. The summed E-state index contributed by atoms with van der Waals surface area (Å²) in [5, 5.41) is 12.8. The van der Waals surface area contributed by atoms with Gasteiger partial charge in [-0.3, -0.25) is 4.57 Å². The van der Waals surface area contributed by atoms with Crippen molar-refractivity contribution in [3.8, 4) is 0 Å². The molecule has 3 fully saturated rings. The molecule has 0 aromatic heterocycles. The molecule has 6 atom stereocenters. The SMILES string of the molecule is CC(C)(C)OP(=O)(OC(C)(C)C)[C@H](COCc1ccccc1)N(O)[C@H]1O[C@H](C2COC(C)(C)O2)[C@@H]2OC(C)(C)O[C@@H]21. The summed E-state index contributed by atoms with van der Waals surface area (Å²) in [7, 11) is -4.12. The Morgan fingerprint density at radius 2 is 1.51 bits per heavy atom. The quantitative estimate of drug-likeness (QED) is 0.273. The highest BCUT2D eigenvalue weighted by molar-refractivity contribution is 7.54. The van der Waals surface area contributed by atoms with Gasteiger partial charge in [0.05, 0.1) is 31.0 Å². The van der Waals surface area contributed by atoms with Crippen LogP contribution < -0.4 is 0 Å². The fourth-order valence-corrected chi connectivity index (χ4v) is 7.76. The van der Waals surface area contributed by atoms with E-state index in [2.05, 4.69) is 0 Å². The third kappa shape index (κ3) is 8.37. The van der Waals surface area contributed by atoms with Crippen LogP contribution in [0.3, 0.4) is 0 Å². The van der Waals surface area contributed by atoms with Crippen molar-refractivity contribution in [3.63, 3.8) is 0 Å². The van der Waals surface area contributed by atoms with Gasteiger partial charge in [-0.05, 0) is 74.8 Å². The fourth-order valence-electron chi connectivity index (χ4n) is 5.24. The zero-order chi connectivity index (χ0) is 30.4. The molecular weight excluding hydrogens is 553 g/mol. The molecule has 1 aromatic rings. The van der Waals surface area contributed by atoms with Gasteiger partial charge in [0.15, 0.2) is 23.6 Å². The number of fused-ring (bicyclic) bond motifs is 1. The lowest BCUT2D eigenvalue weighted by molar-refractivity contribution is -0.280. The van der Waals surface area contributed by atoms with E-state index in [1.165, 1.54) is 0 Å². The van der Waals surface area contributed by atoms with E-state index in [0.29, 0.717) is 0 Å². The molecule has 0 bridgehead atoms. The van der Waals surface area contributed by atoms with Gasteiger partial charge < -0.3 is 42.7 Å². The summed E-state index contributed by atoms with van der Waals surface area (Å²) in [5.41, 5.74) is -0.806. The number of hydrogen-bond acceptors (Lipinski definition) is 11. The molecule has 234 valence electrons. The Labute approximate surface area is 244 Å². The lowest BCUT2D eigenvalue weighted by atomic mass is 10.1. The largest absolute Gasteiger partial charge is 0.374 e. The molecular formula is C29H48NO10P. The number of ether oxygens (including phenoxy) is 6. The third-order valence-electron chi connectivity index (χ3n) is 6.57. The Morgan fingerprint density at radius 1 is 0.927 bits per heavy atom. The van der Waals surface area contributed by atoms with Gasteiger partial charge in [0, 0.05) is 0 Å². The van der Waals surface area contributed by atoms with Crippen molar-refractivity contribution in [2.45, 2.75) is 135 Å². The molecule has 11 nitrogen and oxygen atoms in total. The third-order valence-corrected chi connectivity index (χ3v) is 9.29. The first-order valence-electron chi connectivity index (χ1n) is 14.2. The van der Waals surface area contributed by atoms with Crippen LogP contribution in [0.25, 0.3) is 0 Å². The minimum Gasteiger partial charge on any atom is -0.374 e. The van der Waals surface area contributed by atoms with Gasteiger partial charge >= 0.3 is 7.60 Å². The van der Waals surface area contributed by atoms with E-state index in [9.17, 15) is 9.77 Å². The van der Waals surface area contributed by atoms with E-state index >= 15 is 0 Å². The minimum absolute atomic E-state index is 0.183. The van der Waals surface area contributed by atoms with Crippen molar-refractivity contribution in [3.05, 3.63) is 35.9 Å². The lowest BCUT2D eigenvalue weighted by Gasteiger charge is -2.40. The predicted molar refractivity (Wildman–Crippen MR) is 150 cm³/mol. The molecule has 1 unspecified atom stereocenters. The summed E-state index contributed by atoms with van der Waals surface area (Å²) < 4.78 is 63.8. The topological polar surface area (TPSA) is 114 Å². The molecule has 0 amide bonds. The second-order valence-electron chi connectivity index (χ2n) is 13.7. The standard InChI is InChI=1S/C29H48NO10P/c1-26(2,3)39-41(32,40-27(4,5)6)21(18-33-16-19-14-12-11-13-15-19)30(31)25-24-23(37-29(9,10)38-24)22(35-25)20-17-34-28(7,8)36-20/h11-15,20-25,31H,16-18H2,1-10H3/t20?,21-,22-,23+,24+,25+/m1/s1. The predicted octanol–water partition coefficient (Wildman–Crippen LogP) is 5.44. The van der Waals surface area contributed by atoms with Crippen molar-refractivity contribution in [1.82, 2.24) is 5.06 Å². The van der Waals surface area contributed by atoms with Crippen molar-refractivity contribution >= 4 is 7.60 Å². The Hall–Kier alpha value is -0.950. The molecule has 0 saturated carbocycles. The van der Waals surface area contributed by atoms with E-state index in [4.69, 9.17) is 37.5 Å². The lowest BCUT2D eigenvalue weighted by Crippen LogP contribution is -2.50. The monoisotopic (exact) mass is 601 g/mol. The van der Waals surface area contributed by atoms with E-state index in [1.54, 1.807) is 55.4 Å². The Bertz CT molecular complexity index is 1050. The van der Waals surface area contributed by atoms with Gasteiger partial charge in [-0.2, -0.15) is 0 Å². The molecule has 3 aliphatic heterocycles. The summed E-state index contributed by atoms with van der Waals surface area (Å²) in [6.45, 7) is 18.3. The number of benzene rings is 1. The number of hydrogen-bond donors (Lipinski definition) is 1. The molecule has 41 heavy (non-hydrogen) atoms. The van der Waals surface area contributed by atoms with Gasteiger partial charge in [-0.15, -0.1) is 5.06 Å². The van der Waals surface area contributed by atoms with Crippen molar-refractivity contribution in [1.29, 1.82) is 0 Å². The second kappa shape index (κ2) is 11.9. The van der Waals surface area contributed by atoms with E-state index < -0.39 is 66.8 Å². The molecule has 3 aliphatic rings. The Balaban J connectivity index is 1.66. The van der Waals surface area contributed by atoms with E-state index in [-0.39, 0.29) is 19.8 Å². The van der Waals surface area contributed by atoms with Gasteiger partial charge in [-0.25, -0.2) is 0 Å². The van der Waals surface area contributed by atoms with Crippen molar-refractivity contribution < 1.29 is 47.2 Å². The highest BCUT2D eigenvalue weighted by Crippen LogP contribution is 2.60. The first-order chi connectivity index (χ1) is 18.8. The molecule has 4 rings (SSSR count). The summed E-state index contributed by atoms with van der Waals surface area (Å²) in [6.07, 6.45) is -3.50. The summed E-state index contributed by atoms with van der Waals surface area (Å²) >= 11 is 0. The number of hydroxylamine groups is 2. The first kappa shape index (κ1) is 33.0.